The van der Waals surface area contributed by atoms with Crippen molar-refractivity contribution < 1.29 is 32.3 Å². The molecule has 1 rings (SSSR count). The quantitative estimate of drug-likeness (QED) is 0.388. The number of benzene rings is 1. The Kier molecular flexibility index (Phi) is 11.1. The van der Waals surface area contributed by atoms with E-state index in [1.54, 1.807) is 41.5 Å². The standard InChI is InChI=1S/C22H34N4O7S/c1-7-26(8-2)34(31,32)17-11-9-10-16(12-17)20(28)25-19(14(3)4)21(29)33-13-18(27)24-22(30)23-15(5)6/h9-12,14-15,19H,7-8,13H2,1-6H3,(H,25,28)(H2,23,24,27,30)/t19-/m0/s1. The van der Waals surface area contributed by atoms with Crippen molar-refractivity contribution in [2.45, 2.75) is 58.5 Å². The lowest BCUT2D eigenvalue weighted by atomic mass is 10.0. The summed E-state index contributed by atoms with van der Waals surface area (Å²) in [6, 6.07) is 3.51. The van der Waals surface area contributed by atoms with E-state index in [1.165, 1.54) is 28.6 Å². The van der Waals surface area contributed by atoms with Gasteiger partial charge in [-0.2, -0.15) is 4.31 Å². The van der Waals surface area contributed by atoms with E-state index in [4.69, 9.17) is 4.74 Å². The smallest absolute Gasteiger partial charge is 0.329 e. The minimum atomic E-state index is -3.77. The SMILES string of the molecule is CCN(CC)S(=O)(=O)c1cccc(C(=O)N[C@H](C(=O)OCC(=O)NC(=O)NC(C)C)C(C)C)c1. The predicted octanol–water partition coefficient (Wildman–Crippen LogP) is 1.25. The molecular weight excluding hydrogens is 464 g/mol. The first kappa shape index (κ1) is 29.0. The first-order valence-corrected chi connectivity index (χ1v) is 12.4. The molecule has 3 N–H and O–H groups in total. The van der Waals surface area contributed by atoms with Crippen LogP contribution in [-0.4, -0.2) is 68.3 Å². The first-order valence-electron chi connectivity index (χ1n) is 11.0. The van der Waals surface area contributed by atoms with Crippen molar-refractivity contribution >= 4 is 33.8 Å². The number of sulfonamides is 1. The number of rotatable bonds is 11. The number of carbonyl (C=O) groups excluding carboxylic acids is 4. The molecule has 0 spiro atoms. The summed E-state index contributed by atoms with van der Waals surface area (Å²) in [5, 5.41) is 7.01. The van der Waals surface area contributed by atoms with Gasteiger partial charge in [0.2, 0.25) is 10.0 Å². The minimum Gasteiger partial charge on any atom is -0.454 e. The van der Waals surface area contributed by atoms with Crippen LogP contribution in [0.2, 0.25) is 0 Å². The van der Waals surface area contributed by atoms with Gasteiger partial charge in [0.1, 0.15) is 6.04 Å². The molecular formula is C22H34N4O7S. The zero-order valence-electron chi connectivity index (χ0n) is 20.4. The third-order valence-corrected chi connectivity index (χ3v) is 6.71. The lowest BCUT2D eigenvalue weighted by Gasteiger charge is -2.21. The molecule has 1 atom stereocenters. The third kappa shape index (κ3) is 8.41. The van der Waals surface area contributed by atoms with Crippen LogP contribution < -0.4 is 16.0 Å². The molecule has 0 saturated heterocycles. The Morgan fingerprint density at radius 3 is 2.15 bits per heavy atom. The Hall–Kier alpha value is -2.99. The van der Waals surface area contributed by atoms with Crippen LogP contribution in [0.25, 0.3) is 0 Å². The molecule has 0 fully saturated rings. The number of imide groups is 1. The molecule has 0 radical (unpaired) electrons. The van der Waals surface area contributed by atoms with Gasteiger partial charge in [-0.25, -0.2) is 18.0 Å². The van der Waals surface area contributed by atoms with Crippen molar-refractivity contribution in [2.75, 3.05) is 19.7 Å². The van der Waals surface area contributed by atoms with Gasteiger partial charge in [-0.15, -0.1) is 0 Å². The molecule has 190 valence electrons. The van der Waals surface area contributed by atoms with Crippen LogP contribution in [0.3, 0.4) is 0 Å². The second kappa shape index (κ2) is 13.0. The van der Waals surface area contributed by atoms with E-state index in [0.717, 1.165) is 0 Å². The summed E-state index contributed by atoms with van der Waals surface area (Å²) in [5.74, 6) is -2.76. The highest BCUT2D eigenvalue weighted by Gasteiger charge is 2.28. The summed E-state index contributed by atoms with van der Waals surface area (Å²) >= 11 is 0. The maximum Gasteiger partial charge on any atom is 0.329 e. The molecule has 1 aromatic carbocycles. The molecule has 1 aromatic rings. The lowest BCUT2D eigenvalue weighted by Crippen LogP contribution is -2.47. The highest BCUT2D eigenvalue weighted by molar-refractivity contribution is 7.89. The molecule has 0 aliphatic carbocycles. The maximum atomic E-state index is 12.8. The highest BCUT2D eigenvalue weighted by atomic mass is 32.2. The number of nitrogens with one attached hydrogen (secondary N) is 3. The zero-order valence-corrected chi connectivity index (χ0v) is 21.2. The van der Waals surface area contributed by atoms with Crippen LogP contribution in [-0.2, 0) is 24.3 Å². The summed E-state index contributed by atoms with van der Waals surface area (Å²) in [5.41, 5.74) is 0.0507. The highest BCUT2D eigenvalue weighted by Crippen LogP contribution is 2.17. The number of urea groups is 1. The Balaban J connectivity index is 2.88. The third-order valence-electron chi connectivity index (χ3n) is 4.66. The lowest BCUT2D eigenvalue weighted by molar-refractivity contribution is -0.151. The summed E-state index contributed by atoms with van der Waals surface area (Å²) in [6.07, 6.45) is 0. The zero-order chi connectivity index (χ0) is 26.1. The van der Waals surface area contributed by atoms with E-state index in [2.05, 4.69) is 10.6 Å². The number of hydrogen-bond donors (Lipinski definition) is 3. The monoisotopic (exact) mass is 498 g/mol. The van der Waals surface area contributed by atoms with Crippen molar-refractivity contribution in [3.63, 3.8) is 0 Å². The molecule has 0 bridgehead atoms. The molecule has 0 unspecified atom stereocenters. The molecule has 0 heterocycles. The van der Waals surface area contributed by atoms with Crippen LogP contribution in [0.5, 0.6) is 0 Å². The van der Waals surface area contributed by atoms with Crippen molar-refractivity contribution in [1.29, 1.82) is 0 Å². The van der Waals surface area contributed by atoms with Crippen LogP contribution in [0.15, 0.2) is 29.2 Å². The Morgan fingerprint density at radius 2 is 1.62 bits per heavy atom. The number of hydrogen-bond acceptors (Lipinski definition) is 7. The largest absolute Gasteiger partial charge is 0.454 e. The van der Waals surface area contributed by atoms with Gasteiger partial charge in [-0.1, -0.05) is 33.8 Å². The Bertz CT molecular complexity index is 989. The van der Waals surface area contributed by atoms with Gasteiger partial charge in [0, 0.05) is 24.7 Å². The maximum absolute atomic E-state index is 12.8. The van der Waals surface area contributed by atoms with Gasteiger partial charge in [-0.05, 0) is 38.0 Å². The molecule has 34 heavy (non-hydrogen) atoms. The van der Waals surface area contributed by atoms with Gasteiger partial charge < -0.3 is 15.4 Å². The van der Waals surface area contributed by atoms with E-state index < -0.39 is 52.4 Å². The fourth-order valence-corrected chi connectivity index (χ4v) is 4.42. The molecule has 0 saturated carbocycles. The summed E-state index contributed by atoms with van der Waals surface area (Å²) < 4.78 is 31.7. The van der Waals surface area contributed by atoms with E-state index in [9.17, 15) is 27.6 Å². The van der Waals surface area contributed by atoms with Crippen LogP contribution in [0.1, 0.15) is 51.9 Å². The Morgan fingerprint density at radius 1 is 1.00 bits per heavy atom. The molecule has 11 nitrogen and oxygen atoms in total. The van der Waals surface area contributed by atoms with E-state index in [0.29, 0.717) is 0 Å². The number of carbonyl (C=O) groups is 4. The molecule has 12 heteroatoms. The van der Waals surface area contributed by atoms with Gasteiger partial charge in [-0.3, -0.25) is 14.9 Å². The predicted molar refractivity (Wildman–Crippen MR) is 125 cm³/mol. The minimum absolute atomic E-state index is 0.0381. The summed E-state index contributed by atoms with van der Waals surface area (Å²) in [4.78, 5) is 48.6. The second-order valence-corrected chi connectivity index (χ2v) is 10.0. The average molecular weight is 499 g/mol. The number of nitrogens with zero attached hydrogens (tertiary/aromatic N) is 1. The fourth-order valence-electron chi connectivity index (χ4n) is 2.92. The normalized spacial score (nSPS) is 12.4. The van der Waals surface area contributed by atoms with Gasteiger partial charge in [0.25, 0.3) is 11.8 Å². The number of ether oxygens (including phenoxy) is 1. The molecule has 0 aliphatic heterocycles. The molecule has 0 aliphatic rings. The van der Waals surface area contributed by atoms with E-state index >= 15 is 0 Å². The summed E-state index contributed by atoms with van der Waals surface area (Å²) in [6.45, 7) is 10.1. The summed E-state index contributed by atoms with van der Waals surface area (Å²) in [7, 11) is -3.77. The van der Waals surface area contributed by atoms with Crippen LogP contribution in [0, 0.1) is 5.92 Å². The topological polar surface area (TPSA) is 151 Å². The first-order chi connectivity index (χ1) is 15.8. The van der Waals surface area contributed by atoms with Crippen molar-refractivity contribution in [3.8, 4) is 0 Å². The van der Waals surface area contributed by atoms with Gasteiger partial charge in [0.05, 0.1) is 4.90 Å². The van der Waals surface area contributed by atoms with Crippen molar-refractivity contribution in [2.24, 2.45) is 5.92 Å². The molecule has 0 aromatic heterocycles. The van der Waals surface area contributed by atoms with Crippen molar-refractivity contribution in [3.05, 3.63) is 29.8 Å². The molecule has 4 amide bonds. The van der Waals surface area contributed by atoms with Crippen molar-refractivity contribution in [1.82, 2.24) is 20.3 Å². The van der Waals surface area contributed by atoms with E-state index in [1.807, 2.05) is 5.32 Å². The second-order valence-electron chi connectivity index (χ2n) is 8.10. The van der Waals surface area contributed by atoms with E-state index in [-0.39, 0.29) is 29.6 Å². The fraction of sp³-hybridized carbons (Fsp3) is 0.545. The average Bonchev–Trinajstić information content (AvgIpc) is 2.75. The van der Waals surface area contributed by atoms with Gasteiger partial charge in [0.15, 0.2) is 6.61 Å². The number of esters is 1. The van der Waals surface area contributed by atoms with Gasteiger partial charge >= 0.3 is 12.0 Å². The van der Waals surface area contributed by atoms with Crippen LogP contribution >= 0.6 is 0 Å². The Labute approximate surface area is 200 Å². The van der Waals surface area contributed by atoms with Crippen LogP contribution in [0.4, 0.5) is 4.79 Å². The number of amides is 4.